The van der Waals surface area contributed by atoms with Gasteiger partial charge in [-0.1, -0.05) is 85.0 Å². The Morgan fingerprint density at radius 1 is 0.778 bits per heavy atom. The van der Waals surface area contributed by atoms with Gasteiger partial charge in [0.05, 0.1) is 0 Å². The molecule has 0 atom stereocenters. The van der Waals surface area contributed by atoms with Crippen molar-refractivity contribution in [3.05, 3.63) is 117 Å². The van der Waals surface area contributed by atoms with Crippen LogP contribution in [0, 0.1) is 6.92 Å². The molecule has 0 radical (unpaired) electrons. The van der Waals surface area contributed by atoms with E-state index in [1.165, 1.54) is 4.57 Å². The maximum Gasteiger partial charge on any atom is 0.331 e. The second kappa shape index (κ2) is 8.81. The second-order valence-corrected chi connectivity index (χ2v) is 6.29. The summed E-state index contributed by atoms with van der Waals surface area (Å²) in [6.45, 7) is 2.39. The van der Waals surface area contributed by atoms with Gasteiger partial charge in [0.1, 0.15) is 0 Å². The Morgan fingerprint density at radius 2 is 1.30 bits per heavy atom. The van der Waals surface area contributed by atoms with E-state index in [-0.39, 0.29) is 17.8 Å². The van der Waals surface area contributed by atoms with E-state index in [9.17, 15) is 9.59 Å². The third-order valence-corrected chi connectivity index (χ3v) is 4.22. The van der Waals surface area contributed by atoms with Crippen LogP contribution in [0.25, 0.3) is 12.2 Å². The highest BCUT2D eigenvalue weighted by atomic mass is 16.2. The summed E-state index contributed by atoms with van der Waals surface area (Å²) >= 11 is 0. The molecule has 4 heteroatoms. The highest BCUT2D eigenvalue weighted by Crippen LogP contribution is 2.02. The molecular formula is C23H22N2O2. The molecule has 0 aliphatic heterocycles. The van der Waals surface area contributed by atoms with Gasteiger partial charge in [-0.15, -0.1) is 0 Å². The Morgan fingerprint density at radius 3 is 1.85 bits per heavy atom. The highest BCUT2D eigenvalue weighted by Gasteiger charge is 2.06. The van der Waals surface area contributed by atoms with E-state index in [2.05, 4.69) is 0 Å². The first-order chi connectivity index (χ1) is 13.1. The number of hydrogen-bond donors (Lipinski definition) is 0. The van der Waals surface area contributed by atoms with Crippen molar-refractivity contribution in [1.29, 1.82) is 0 Å². The number of aryl methyl sites for hydroxylation is 1. The smallest absolute Gasteiger partial charge is 0.296 e. The van der Waals surface area contributed by atoms with Gasteiger partial charge >= 0.3 is 5.69 Å². The van der Waals surface area contributed by atoms with Crippen LogP contribution in [0.3, 0.4) is 0 Å². The van der Waals surface area contributed by atoms with Gasteiger partial charge in [-0.05, 0) is 18.1 Å². The minimum absolute atomic E-state index is 0.247. The highest BCUT2D eigenvalue weighted by molar-refractivity contribution is 5.49. The normalized spacial score (nSPS) is 11.4. The molecule has 0 aliphatic rings. The summed E-state index contributed by atoms with van der Waals surface area (Å²) in [6, 6.07) is 19.7. The van der Waals surface area contributed by atoms with Gasteiger partial charge in [-0.3, -0.25) is 13.9 Å². The molecule has 3 aromatic rings. The Hall–Kier alpha value is -3.40. The summed E-state index contributed by atoms with van der Waals surface area (Å²) in [7, 11) is 0. The van der Waals surface area contributed by atoms with Gasteiger partial charge < -0.3 is 0 Å². The van der Waals surface area contributed by atoms with Crippen LogP contribution in [0.5, 0.6) is 0 Å². The van der Waals surface area contributed by atoms with E-state index in [1.807, 2.05) is 85.0 Å². The molecule has 27 heavy (non-hydrogen) atoms. The topological polar surface area (TPSA) is 44.0 Å². The summed E-state index contributed by atoms with van der Waals surface area (Å²) in [5, 5.41) is 0. The standard InChI is InChI=1S/C23H22N2O2/c1-19-18-24(16-8-14-20-10-4-2-5-11-20)23(27)25(22(19)26)17-9-15-21-12-6-3-7-13-21/h2-15,18H,16-17H2,1H3. The first-order valence-electron chi connectivity index (χ1n) is 8.89. The molecule has 0 amide bonds. The molecular weight excluding hydrogens is 336 g/mol. The molecule has 0 bridgehead atoms. The van der Waals surface area contributed by atoms with Crippen LogP contribution < -0.4 is 11.2 Å². The number of benzene rings is 2. The molecule has 4 nitrogen and oxygen atoms in total. The lowest BCUT2D eigenvalue weighted by Gasteiger charge is -2.08. The van der Waals surface area contributed by atoms with Crippen LogP contribution in [-0.4, -0.2) is 9.13 Å². The fourth-order valence-electron chi connectivity index (χ4n) is 2.82. The van der Waals surface area contributed by atoms with Crippen LogP contribution >= 0.6 is 0 Å². The SMILES string of the molecule is Cc1cn(CC=Cc2ccccc2)c(=O)n(CC=Cc2ccccc2)c1=O. The monoisotopic (exact) mass is 358 g/mol. The van der Waals surface area contributed by atoms with Crippen molar-refractivity contribution < 1.29 is 0 Å². The maximum atomic E-state index is 12.7. The van der Waals surface area contributed by atoms with Crippen LogP contribution in [0.2, 0.25) is 0 Å². The fourth-order valence-corrected chi connectivity index (χ4v) is 2.82. The lowest BCUT2D eigenvalue weighted by molar-refractivity contribution is 0.619. The van der Waals surface area contributed by atoms with Gasteiger partial charge in [0.15, 0.2) is 0 Å². The van der Waals surface area contributed by atoms with Crippen molar-refractivity contribution in [3.63, 3.8) is 0 Å². The number of hydrogen-bond acceptors (Lipinski definition) is 2. The number of aromatic nitrogens is 2. The van der Waals surface area contributed by atoms with E-state index in [0.717, 1.165) is 11.1 Å². The van der Waals surface area contributed by atoms with E-state index in [1.54, 1.807) is 17.7 Å². The largest absolute Gasteiger partial charge is 0.331 e. The number of rotatable bonds is 6. The zero-order valence-electron chi connectivity index (χ0n) is 15.3. The molecule has 1 heterocycles. The van der Waals surface area contributed by atoms with Gasteiger partial charge in [0.2, 0.25) is 0 Å². The lowest BCUT2D eigenvalue weighted by Crippen LogP contribution is -2.40. The van der Waals surface area contributed by atoms with E-state index in [4.69, 9.17) is 0 Å². The first-order valence-corrected chi connectivity index (χ1v) is 8.89. The van der Waals surface area contributed by atoms with Crippen molar-refractivity contribution in [2.45, 2.75) is 20.0 Å². The summed E-state index contributed by atoms with van der Waals surface area (Å²) in [5.41, 5.74) is 2.10. The minimum Gasteiger partial charge on any atom is -0.296 e. The Balaban J connectivity index is 1.80. The van der Waals surface area contributed by atoms with Crippen molar-refractivity contribution in [3.8, 4) is 0 Å². The Labute approximate surface area is 158 Å². The molecule has 2 aromatic carbocycles. The maximum absolute atomic E-state index is 12.7. The molecule has 0 fully saturated rings. The average molecular weight is 358 g/mol. The quantitative estimate of drug-likeness (QED) is 0.674. The third-order valence-electron chi connectivity index (χ3n) is 4.22. The third kappa shape index (κ3) is 4.82. The Kier molecular flexibility index (Phi) is 6.00. The van der Waals surface area contributed by atoms with Crippen LogP contribution in [-0.2, 0) is 13.1 Å². The second-order valence-electron chi connectivity index (χ2n) is 6.29. The average Bonchev–Trinajstić information content (AvgIpc) is 2.70. The first kappa shape index (κ1) is 18.4. The van der Waals surface area contributed by atoms with Gasteiger partial charge in [-0.25, -0.2) is 4.79 Å². The van der Waals surface area contributed by atoms with Crippen molar-refractivity contribution in [1.82, 2.24) is 9.13 Å². The Bertz CT molecular complexity index is 1060. The molecule has 0 unspecified atom stereocenters. The molecule has 0 saturated heterocycles. The zero-order valence-corrected chi connectivity index (χ0v) is 15.3. The zero-order chi connectivity index (χ0) is 19.1. The molecule has 136 valence electrons. The van der Waals surface area contributed by atoms with Crippen LogP contribution in [0.4, 0.5) is 0 Å². The summed E-state index contributed by atoms with van der Waals surface area (Å²) < 4.78 is 2.83. The van der Waals surface area contributed by atoms with Crippen molar-refractivity contribution >= 4 is 12.2 Å². The molecule has 3 rings (SSSR count). The molecule has 0 aliphatic carbocycles. The molecule has 0 spiro atoms. The summed E-state index contributed by atoms with van der Waals surface area (Å²) in [6.07, 6.45) is 9.25. The number of nitrogens with zero attached hydrogens (tertiary/aromatic N) is 2. The van der Waals surface area contributed by atoms with Crippen LogP contribution in [0.1, 0.15) is 16.7 Å². The lowest BCUT2D eigenvalue weighted by atomic mass is 10.2. The van der Waals surface area contributed by atoms with Gasteiger partial charge in [-0.2, -0.15) is 0 Å². The fraction of sp³-hybridized carbons (Fsp3) is 0.130. The van der Waals surface area contributed by atoms with E-state index in [0.29, 0.717) is 12.1 Å². The van der Waals surface area contributed by atoms with E-state index >= 15 is 0 Å². The molecule has 0 N–H and O–H groups in total. The van der Waals surface area contributed by atoms with E-state index < -0.39 is 0 Å². The van der Waals surface area contributed by atoms with Crippen LogP contribution in [0.15, 0.2) is 88.6 Å². The summed E-state index contributed by atoms with van der Waals surface area (Å²) in [4.78, 5) is 25.1. The van der Waals surface area contributed by atoms with Gasteiger partial charge in [0.25, 0.3) is 5.56 Å². The molecule has 1 aromatic heterocycles. The summed E-state index contributed by atoms with van der Waals surface area (Å²) in [5.74, 6) is 0. The van der Waals surface area contributed by atoms with Gasteiger partial charge in [0, 0.05) is 24.8 Å². The van der Waals surface area contributed by atoms with Crippen molar-refractivity contribution in [2.24, 2.45) is 0 Å². The minimum atomic E-state index is -0.305. The molecule has 0 saturated carbocycles. The number of allylic oxidation sites excluding steroid dienone is 2. The predicted molar refractivity (Wildman–Crippen MR) is 111 cm³/mol. The predicted octanol–water partition coefficient (Wildman–Crippen LogP) is 3.75. The van der Waals surface area contributed by atoms with Crippen molar-refractivity contribution in [2.75, 3.05) is 0 Å².